The molecule has 1 saturated heterocycles. The van der Waals surface area contributed by atoms with Gasteiger partial charge in [-0.3, -0.25) is 4.79 Å². The van der Waals surface area contributed by atoms with Crippen LogP contribution in [0.15, 0.2) is 24.3 Å². The molecule has 2 rings (SSSR count). The second-order valence-corrected chi connectivity index (χ2v) is 5.51. The lowest BCUT2D eigenvalue weighted by Crippen LogP contribution is -2.54. The maximum Gasteiger partial charge on any atom is 0.403 e. The van der Waals surface area contributed by atoms with E-state index in [1.165, 1.54) is 0 Å². The van der Waals surface area contributed by atoms with Crippen molar-refractivity contribution in [3.8, 4) is 0 Å². The van der Waals surface area contributed by atoms with Crippen LogP contribution in [0.4, 0.5) is 13.2 Å². The minimum absolute atomic E-state index is 0.00110. The number of carbonyl (C=O) groups is 1. The molecule has 2 N–H and O–H groups in total. The number of rotatable bonds is 3. The number of benzene rings is 1. The van der Waals surface area contributed by atoms with E-state index in [4.69, 9.17) is 0 Å². The first-order chi connectivity index (χ1) is 9.84. The van der Waals surface area contributed by atoms with Crippen molar-refractivity contribution in [2.75, 3.05) is 6.54 Å². The summed E-state index contributed by atoms with van der Waals surface area (Å²) in [6.45, 7) is 2.10. The normalized spacial score (nSPS) is 22.9. The van der Waals surface area contributed by atoms with Crippen LogP contribution in [0.5, 0.6) is 0 Å². The number of amides is 1. The lowest BCUT2D eigenvalue weighted by atomic mass is 10.00. The monoisotopic (exact) mass is 300 g/mol. The predicted molar refractivity (Wildman–Crippen MR) is 73.9 cm³/mol. The molecule has 21 heavy (non-hydrogen) atoms. The van der Waals surface area contributed by atoms with Gasteiger partial charge in [0.1, 0.15) is 6.04 Å². The fourth-order valence-electron chi connectivity index (χ4n) is 2.55. The molecule has 1 fully saturated rings. The third kappa shape index (κ3) is 4.74. The standard InChI is InChI=1S/C15H19F3N2O/c1-10-3-2-4-11(7-10)8-14(21)20-12-5-6-13(19-9-12)15(16,17)18/h2-4,7,12-13,19H,5-6,8-9H2,1H3,(H,20,21). The highest BCUT2D eigenvalue weighted by Crippen LogP contribution is 2.26. The highest BCUT2D eigenvalue weighted by atomic mass is 19.4. The zero-order valence-electron chi connectivity index (χ0n) is 11.8. The van der Waals surface area contributed by atoms with E-state index in [-0.39, 0.29) is 31.3 Å². The minimum Gasteiger partial charge on any atom is -0.352 e. The molecule has 0 spiro atoms. The number of carbonyl (C=O) groups excluding carboxylic acids is 1. The number of aryl methyl sites for hydroxylation is 1. The second-order valence-electron chi connectivity index (χ2n) is 5.51. The lowest BCUT2D eigenvalue weighted by molar-refractivity contribution is -0.161. The molecule has 1 aliphatic rings. The summed E-state index contributed by atoms with van der Waals surface area (Å²) in [5.74, 6) is -0.155. The van der Waals surface area contributed by atoms with Gasteiger partial charge < -0.3 is 10.6 Å². The maximum absolute atomic E-state index is 12.5. The quantitative estimate of drug-likeness (QED) is 0.899. The predicted octanol–water partition coefficient (Wildman–Crippen LogP) is 2.34. The minimum atomic E-state index is -4.21. The van der Waals surface area contributed by atoms with Crippen molar-refractivity contribution in [2.24, 2.45) is 0 Å². The molecule has 0 saturated carbocycles. The van der Waals surface area contributed by atoms with Crippen LogP contribution in [-0.4, -0.2) is 30.7 Å². The van der Waals surface area contributed by atoms with Gasteiger partial charge in [0.25, 0.3) is 0 Å². The van der Waals surface area contributed by atoms with Gasteiger partial charge in [0.2, 0.25) is 5.91 Å². The molecule has 2 atom stereocenters. The Morgan fingerprint density at radius 3 is 2.71 bits per heavy atom. The molecule has 0 bridgehead atoms. The van der Waals surface area contributed by atoms with Crippen LogP contribution in [0.25, 0.3) is 0 Å². The number of nitrogens with one attached hydrogen (secondary N) is 2. The number of alkyl halides is 3. The van der Waals surface area contributed by atoms with Crippen LogP contribution in [0.2, 0.25) is 0 Å². The Bertz CT molecular complexity index is 494. The highest BCUT2D eigenvalue weighted by Gasteiger charge is 2.41. The lowest BCUT2D eigenvalue weighted by Gasteiger charge is -2.31. The molecule has 0 radical (unpaired) electrons. The maximum atomic E-state index is 12.5. The van der Waals surface area contributed by atoms with E-state index < -0.39 is 12.2 Å². The third-order valence-electron chi connectivity index (χ3n) is 3.62. The first kappa shape index (κ1) is 15.8. The van der Waals surface area contributed by atoms with Crippen molar-refractivity contribution in [1.82, 2.24) is 10.6 Å². The summed E-state index contributed by atoms with van der Waals surface area (Å²) in [7, 11) is 0. The molecule has 1 aliphatic heterocycles. The van der Waals surface area contributed by atoms with E-state index in [1.54, 1.807) is 0 Å². The zero-order chi connectivity index (χ0) is 15.5. The van der Waals surface area contributed by atoms with Gasteiger partial charge in [0.15, 0.2) is 0 Å². The summed E-state index contributed by atoms with van der Waals surface area (Å²) in [6, 6.07) is 5.94. The van der Waals surface area contributed by atoms with Crippen LogP contribution in [-0.2, 0) is 11.2 Å². The molecular weight excluding hydrogens is 281 g/mol. The third-order valence-corrected chi connectivity index (χ3v) is 3.62. The van der Waals surface area contributed by atoms with E-state index in [1.807, 2.05) is 31.2 Å². The molecule has 0 aliphatic carbocycles. The Morgan fingerprint density at radius 1 is 1.38 bits per heavy atom. The smallest absolute Gasteiger partial charge is 0.352 e. The van der Waals surface area contributed by atoms with E-state index >= 15 is 0 Å². The van der Waals surface area contributed by atoms with E-state index in [9.17, 15) is 18.0 Å². The molecule has 1 amide bonds. The average molecular weight is 300 g/mol. The van der Waals surface area contributed by atoms with Gasteiger partial charge in [0.05, 0.1) is 6.42 Å². The molecule has 0 aromatic heterocycles. The molecule has 2 unspecified atom stereocenters. The van der Waals surface area contributed by atoms with Crippen molar-refractivity contribution < 1.29 is 18.0 Å². The fraction of sp³-hybridized carbons (Fsp3) is 0.533. The average Bonchev–Trinajstić information content (AvgIpc) is 2.38. The first-order valence-corrected chi connectivity index (χ1v) is 6.99. The largest absolute Gasteiger partial charge is 0.403 e. The summed E-state index contributed by atoms with van der Waals surface area (Å²) >= 11 is 0. The van der Waals surface area contributed by atoms with Crippen molar-refractivity contribution >= 4 is 5.91 Å². The number of halogens is 3. The number of piperidine rings is 1. The van der Waals surface area contributed by atoms with E-state index in [2.05, 4.69) is 10.6 Å². The molecule has 6 heteroatoms. The molecule has 1 heterocycles. The number of hydrogen-bond donors (Lipinski definition) is 2. The summed E-state index contributed by atoms with van der Waals surface area (Å²) in [5, 5.41) is 5.24. The molecule has 3 nitrogen and oxygen atoms in total. The van der Waals surface area contributed by atoms with Crippen LogP contribution in [0, 0.1) is 6.92 Å². The van der Waals surface area contributed by atoms with Gasteiger partial charge in [-0.25, -0.2) is 0 Å². The summed E-state index contributed by atoms with van der Waals surface area (Å²) in [4.78, 5) is 11.9. The van der Waals surface area contributed by atoms with Crippen LogP contribution >= 0.6 is 0 Å². The highest BCUT2D eigenvalue weighted by molar-refractivity contribution is 5.78. The summed E-state index contributed by atoms with van der Waals surface area (Å²) < 4.78 is 37.5. The second kappa shape index (κ2) is 6.47. The Hall–Kier alpha value is -1.56. The fourth-order valence-corrected chi connectivity index (χ4v) is 2.55. The molecular formula is C15H19F3N2O. The van der Waals surface area contributed by atoms with Gasteiger partial charge >= 0.3 is 6.18 Å². The first-order valence-electron chi connectivity index (χ1n) is 6.99. The Balaban J connectivity index is 1.79. The topological polar surface area (TPSA) is 41.1 Å². The molecule has 1 aromatic rings. The Morgan fingerprint density at radius 2 is 2.14 bits per heavy atom. The van der Waals surface area contributed by atoms with Crippen LogP contribution in [0.3, 0.4) is 0 Å². The van der Waals surface area contributed by atoms with Crippen molar-refractivity contribution in [3.05, 3.63) is 35.4 Å². The summed E-state index contributed by atoms with van der Waals surface area (Å²) in [6.07, 6.45) is -3.62. The van der Waals surface area contributed by atoms with Gasteiger partial charge in [-0.05, 0) is 25.3 Å². The summed E-state index contributed by atoms with van der Waals surface area (Å²) in [5.41, 5.74) is 1.98. The van der Waals surface area contributed by atoms with E-state index in [0.717, 1.165) is 11.1 Å². The van der Waals surface area contributed by atoms with Crippen LogP contribution < -0.4 is 10.6 Å². The molecule has 1 aromatic carbocycles. The Labute approximate surface area is 121 Å². The van der Waals surface area contributed by atoms with Crippen molar-refractivity contribution in [1.29, 1.82) is 0 Å². The number of hydrogen-bond acceptors (Lipinski definition) is 2. The van der Waals surface area contributed by atoms with Gasteiger partial charge in [-0.2, -0.15) is 13.2 Å². The van der Waals surface area contributed by atoms with Crippen LogP contribution in [0.1, 0.15) is 24.0 Å². The van der Waals surface area contributed by atoms with Gasteiger partial charge in [-0.15, -0.1) is 0 Å². The van der Waals surface area contributed by atoms with Crippen molar-refractivity contribution in [3.63, 3.8) is 0 Å². The van der Waals surface area contributed by atoms with Crippen molar-refractivity contribution in [2.45, 2.75) is 44.4 Å². The van der Waals surface area contributed by atoms with Gasteiger partial charge in [-0.1, -0.05) is 29.8 Å². The van der Waals surface area contributed by atoms with Gasteiger partial charge in [0, 0.05) is 12.6 Å². The van der Waals surface area contributed by atoms with E-state index in [0.29, 0.717) is 6.42 Å². The molecule has 116 valence electrons. The Kier molecular flexibility index (Phi) is 4.88. The SMILES string of the molecule is Cc1cccc(CC(=O)NC2CCC(C(F)(F)F)NC2)c1. The zero-order valence-corrected chi connectivity index (χ0v) is 11.8.